The molecule has 0 aromatic heterocycles. The van der Waals surface area contributed by atoms with Crippen molar-refractivity contribution in [3.05, 3.63) is 63.4 Å². The molecule has 5 rings (SSSR count). The molecule has 3 atom stereocenters. The van der Waals surface area contributed by atoms with Crippen molar-refractivity contribution in [2.24, 2.45) is 0 Å². The monoisotopic (exact) mass is 604 g/mol. The molecule has 220 valence electrons. The summed E-state index contributed by atoms with van der Waals surface area (Å²) < 4.78 is 26.7. The van der Waals surface area contributed by atoms with Crippen molar-refractivity contribution in [2.45, 2.75) is 87.8 Å². The molecule has 2 spiro atoms. The van der Waals surface area contributed by atoms with Gasteiger partial charge in [0.25, 0.3) is 0 Å². The Kier molecular flexibility index (Phi) is 7.90. The fraction of sp³-hybridized carbons (Fsp3) is 0.516. The van der Waals surface area contributed by atoms with Crippen LogP contribution in [0, 0.1) is 5.82 Å². The van der Waals surface area contributed by atoms with Gasteiger partial charge >= 0.3 is 11.9 Å². The van der Waals surface area contributed by atoms with Gasteiger partial charge in [-0.3, -0.25) is 19.7 Å². The van der Waals surface area contributed by atoms with Gasteiger partial charge in [0.05, 0.1) is 18.6 Å². The summed E-state index contributed by atoms with van der Waals surface area (Å²) in [5.41, 5.74) is -1.63. The summed E-state index contributed by atoms with van der Waals surface area (Å²) in [6.07, 6.45) is 3.74. The molecule has 0 unspecified atom stereocenters. The minimum absolute atomic E-state index is 0.0343. The first-order valence-electron chi connectivity index (χ1n) is 14.0. The third-order valence-corrected chi connectivity index (χ3v) is 9.21. The van der Waals surface area contributed by atoms with Crippen LogP contribution in [0.1, 0.15) is 76.3 Å². The van der Waals surface area contributed by atoms with E-state index in [1.54, 1.807) is 56.0 Å². The SMILES string of the molecule is COC(=O)[C@@H]1NC2(CCCCC2)[C@@]2(C(=O)N(CCC(=O)OC(C)(C)C)c3cc(Cl)ccc32)[C@H]1c1cccc(Cl)c1F. The van der Waals surface area contributed by atoms with E-state index in [0.29, 0.717) is 29.1 Å². The first-order valence-corrected chi connectivity index (χ1v) is 14.8. The summed E-state index contributed by atoms with van der Waals surface area (Å²) in [6, 6.07) is 8.83. The minimum Gasteiger partial charge on any atom is -0.468 e. The highest BCUT2D eigenvalue weighted by molar-refractivity contribution is 6.31. The topological polar surface area (TPSA) is 84.9 Å². The number of rotatable bonds is 5. The number of hydrogen-bond donors (Lipinski definition) is 1. The van der Waals surface area contributed by atoms with E-state index in [1.165, 1.54) is 13.2 Å². The van der Waals surface area contributed by atoms with Crippen LogP contribution in [0.4, 0.5) is 10.1 Å². The van der Waals surface area contributed by atoms with Crippen LogP contribution in [0.5, 0.6) is 0 Å². The van der Waals surface area contributed by atoms with Crippen LogP contribution in [0.2, 0.25) is 10.0 Å². The van der Waals surface area contributed by atoms with Crippen LogP contribution >= 0.6 is 23.2 Å². The second-order valence-electron chi connectivity index (χ2n) is 12.2. The molecule has 1 N–H and O–H groups in total. The number of amides is 1. The first kappa shape index (κ1) is 29.8. The zero-order valence-electron chi connectivity index (χ0n) is 23.7. The number of anilines is 1. The van der Waals surface area contributed by atoms with E-state index in [2.05, 4.69) is 5.32 Å². The second kappa shape index (κ2) is 10.9. The van der Waals surface area contributed by atoms with E-state index in [0.717, 1.165) is 19.3 Å². The standard InChI is InChI=1S/C31H35Cl2FN2O5/c1-29(2,3)41-23(37)13-16-36-22-17-18(32)11-12-20(22)31(28(36)39)24(19-9-8-10-21(33)25(19)34)26(27(38)40-4)35-30(31)14-6-5-7-15-30/h8-12,17,24,26,35H,5-7,13-16H2,1-4H3/t24-,26+,31+/m0/s1. The van der Waals surface area contributed by atoms with Crippen molar-refractivity contribution in [2.75, 3.05) is 18.6 Å². The van der Waals surface area contributed by atoms with Gasteiger partial charge in [-0.2, -0.15) is 0 Å². The Morgan fingerprint density at radius 1 is 1.12 bits per heavy atom. The third-order valence-electron chi connectivity index (χ3n) is 8.68. The number of methoxy groups -OCH3 is 1. The van der Waals surface area contributed by atoms with Gasteiger partial charge < -0.3 is 14.4 Å². The highest BCUT2D eigenvalue weighted by Gasteiger charge is 2.73. The molecule has 41 heavy (non-hydrogen) atoms. The molecule has 0 bridgehead atoms. The Morgan fingerprint density at radius 3 is 2.49 bits per heavy atom. The quantitative estimate of drug-likeness (QED) is 0.416. The summed E-state index contributed by atoms with van der Waals surface area (Å²) >= 11 is 12.7. The van der Waals surface area contributed by atoms with E-state index in [1.807, 2.05) is 0 Å². The first-order chi connectivity index (χ1) is 19.4. The van der Waals surface area contributed by atoms with Gasteiger partial charge in [-0.15, -0.1) is 0 Å². The average molecular weight is 606 g/mol. The van der Waals surface area contributed by atoms with Crippen LogP contribution in [0.15, 0.2) is 36.4 Å². The molecule has 1 aliphatic carbocycles. The fourth-order valence-corrected chi connectivity index (χ4v) is 7.66. The van der Waals surface area contributed by atoms with E-state index in [4.69, 9.17) is 32.7 Å². The van der Waals surface area contributed by atoms with Crippen LogP contribution in [0.25, 0.3) is 0 Å². The Hall–Kier alpha value is -2.68. The van der Waals surface area contributed by atoms with Crippen molar-refractivity contribution < 1.29 is 28.2 Å². The van der Waals surface area contributed by atoms with E-state index < -0.39 is 46.3 Å². The van der Waals surface area contributed by atoms with Crippen LogP contribution in [-0.2, 0) is 29.3 Å². The molecule has 1 amide bonds. The Bertz CT molecular complexity index is 1390. The number of esters is 2. The van der Waals surface area contributed by atoms with Crippen LogP contribution < -0.4 is 10.2 Å². The van der Waals surface area contributed by atoms with Crippen molar-refractivity contribution in [1.82, 2.24) is 5.32 Å². The molecule has 1 saturated carbocycles. The molecule has 0 radical (unpaired) electrons. The maximum atomic E-state index is 15.9. The number of nitrogens with zero attached hydrogens (tertiary/aromatic N) is 1. The molecule has 3 aliphatic rings. The van der Waals surface area contributed by atoms with Crippen LogP contribution in [-0.4, -0.2) is 48.7 Å². The maximum Gasteiger partial charge on any atom is 0.323 e. The Labute approximate surface area is 249 Å². The van der Waals surface area contributed by atoms with Crippen molar-refractivity contribution in [3.63, 3.8) is 0 Å². The number of carbonyl (C=O) groups excluding carboxylic acids is 3. The number of carbonyl (C=O) groups is 3. The van der Waals surface area contributed by atoms with Gasteiger partial charge in [0.2, 0.25) is 5.91 Å². The molecule has 2 fully saturated rings. The third kappa shape index (κ3) is 4.82. The lowest BCUT2D eigenvalue weighted by Crippen LogP contribution is -2.61. The summed E-state index contributed by atoms with van der Waals surface area (Å²) in [5, 5.41) is 3.84. The number of fused-ring (bicyclic) bond motifs is 3. The predicted molar refractivity (Wildman–Crippen MR) is 155 cm³/mol. The van der Waals surface area contributed by atoms with Crippen LogP contribution in [0.3, 0.4) is 0 Å². The van der Waals surface area contributed by atoms with Gasteiger partial charge in [0.15, 0.2) is 0 Å². The largest absolute Gasteiger partial charge is 0.468 e. The zero-order valence-corrected chi connectivity index (χ0v) is 25.2. The normalized spacial score (nSPS) is 25.0. The highest BCUT2D eigenvalue weighted by Crippen LogP contribution is 2.64. The summed E-state index contributed by atoms with van der Waals surface area (Å²) in [7, 11) is 1.28. The lowest BCUT2D eigenvalue weighted by Gasteiger charge is -2.47. The van der Waals surface area contributed by atoms with E-state index >= 15 is 9.18 Å². The molecular weight excluding hydrogens is 570 g/mol. The molecule has 2 heterocycles. The fourth-order valence-electron chi connectivity index (χ4n) is 7.31. The maximum absolute atomic E-state index is 15.9. The summed E-state index contributed by atoms with van der Waals surface area (Å²) in [5.74, 6) is -3.02. The van der Waals surface area contributed by atoms with Gasteiger partial charge in [0.1, 0.15) is 22.9 Å². The van der Waals surface area contributed by atoms with Gasteiger partial charge in [-0.05, 0) is 62.9 Å². The minimum atomic E-state index is -1.40. The molecule has 1 saturated heterocycles. The smallest absolute Gasteiger partial charge is 0.323 e. The number of hydrogen-bond acceptors (Lipinski definition) is 6. The highest BCUT2D eigenvalue weighted by atomic mass is 35.5. The Morgan fingerprint density at radius 2 is 1.83 bits per heavy atom. The Balaban J connectivity index is 1.74. The number of halogens is 3. The van der Waals surface area contributed by atoms with Crippen molar-refractivity contribution in [1.29, 1.82) is 0 Å². The average Bonchev–Trinajstić information content (AvgIpc) is 3.33. The van der Waals surface area contributed by atoms with Gasteiger partial charge in [-0.1, -0.05) is 60.7 Å². The van der Waals surface area contributed by atoms with Crippen molar-refractivity contribution >= 4 is 46.7 Å². The lowest BCUT2D eigenvalue weighted by molar-refractivity contribution is -0.154. The molecule has 7 nitrogen and oxygen atoms in total. The molecule has 2 aromatic rings. The van der Waals surface area contributed by atoms with E-state index in [9.17, 15) is 9.59 Å². The lowest BCUT2D eigenvalue weighted by atomic mass is 9.55. The number of nitrogens with one attached hydrogen (secondary N) is 1. The van der Waals surface area contributed by atoms with Crippen molar-refractivity contribution in [3.8, 4) is 0 Å². The summed E-state index contributed by atoms with van der Waals surface area (Å²) in [4.78, 5) is 42.8. The van der Waals surface area contributed by atoms with E-state index in [-0.39, 0.29) is 29.5 Å². The molecule has 2 aromatic carbocycles. The number of ether oxygens (including phenoxy) is 2. The van der Waals surface area contributed by atoms with Gasteiger partial charge in [0, 0.05) is 28.7 Å². The predicted octanol–water partition coefficient (Wildman–Crippen LogP) is 6.08. The number of benzene rings is 2. The van der Waals surface area contributed by atoms with Gasteiger partial charge in [-0.25, -0.2) is 4.39 Å². The molecule has 2 aliphatic heterocycles. The molecule has 10 heteroatoms. The zero-order chi connectivity index (χ0) is 29.7. The second-order valence-corrected chi connectivity index (χ2v) is 13.0. The summed E-state index contributed by atoms with van der Waals surface area (Å²) in [6.45, 7) is 5.38. The molecular formula is C31H35Cl2FN2O5.